The third kappa shape index (κ3) is 27.0. The maximum Gasteiger partial charge on any atom is -0.0246 e. The van der Waals surface area contributed by atoms with Crippen LogP contribution in [0.3, 0.4) is 0 Å². The number of rotatable bonds is 5. The first-order valence-electron chi connectivity index (χ1n) is 43.2. The monoisotopic (exact) mass is 1420 g/mol. The summed E-state index contributed by atoms with van der Waals surface area (Å²) in [5.41, 5.74) is 1.95. The molecule has 99 heavy (non-hydrogen) atoms. The molecule has 0 heterocycles. The van der Waals surface area contributed by atoms with Crippen LogP contribution >= 0.6 is 0 Å². The van der Waals surface area contributed by atoms with Gasteiger partial charge in [-0.3, -0.25) is 37.6 Å². The fraction of sp³-hybridized carbons (Fsp3) is 1.00. The van der Waals surface area contributed by atoms with Crippen molar-refractivity contribution < 1.29 is 37.6 Å². The van der Waals surface area contributed by atoms with Crippen LogP contribution in [0.2, 0.25) is 0 Å². The van der Waals surface area contributed by atoms with Crippen LogP contribution in [-0.2, 0) is 0 Å². The average molecular weight is 1420 g/mol. The maximum absolute atomic E-state index is 2.43. The van der Waals surface area contributed by atoms with Crippen molar-refractivity contribution in [2.24, 2.45) is 176 Å². The van der Waals surface area contributed by atoms with E-state index in [0.29, 0.717) is 10.8 Å². The van der Waals surface area contributed by atoms with Gasteiger partial charge in [0.25, 0.3) is 0 Å². The summed E-state index contributed by atoms with van der Waals surface area (Å²) in [6.07, 6.45) is 64.7. The van der Waals surface area contributed by atoms with Gasteiger partial charge in [-0.2, -0.15) is 0 Å². The van der Waals surface area contributed by atoms with Gasteiger partial charge in [-0.05, 0) is 304 Å². The van der Waals surface area contributed by atoms with Crippen molar-refractivity contribution in [1.82, 2.24) is 0 Å². The first-order valence-corrected chi connectivity index (χ1v) is 43.2. The molecule has 16 unspecified atom stereocenters. The minimum absolute atomic E-state index is 0. The van der Waals surface area contributed by atoms with E-state index >= 15 is 0 Å². The summed E-state index contributed by atoms with van der Waals surface area (Å²) in [5.74, 6) is 29.0. The van der Waals surface area contributed by atoms with Crippen molar-refractivity contribution >= 4 is 0 Å². The largest absolute Gasteiger partial charge is 0.269 e. The Hall–Kier alpha value is -0.560. The van der Waals surface area contributed by atoms with Gasteiger partial charge in [0.2, 0.25) is 0 Å². The molecular formula is C91H176F8. The van der Waals surface area contributed by atoms with Gasteiger partial charge in [0, 0.05) is 0 Å². The molecule has 16 rings (SSSR count). The Kier molecular flexibility index (Phi) is 45.7. The Balaban J connectivity index is 0.00000109. The summed E-state index contributed by atoms with van der Waals surface area (Å²) in [4.78, 5) is 0. The van der Waals surface area contributed by atoms with E-state index in [9.17, 15) is 0 Å². The fourth-order valence-corrected chi connectivity index (χ4v) is 26.5. The highest BCUT2D eigenvalue weighted by Crippen LogP contribution is 2.59. The minimum Gasteiger partial charge on any atom is -0.269 e. The molecule has 596 valence electrons. The molecule has 0 aromatic carbocycles. The minimum atomic E-state index is 0. The van der Waals surface area contributed by atoms with Gasteiger partial charge in [-0.25, -0.2) is 0 Å². The van der Waals surface area contributed by atoms with E-state index in [1.807, 2.05) is 0 Å². The summed E-state index contributed by atoms with van der Waals surface area (Å²) in [6.45, 7) is 45.1. The van der Waals surface area contributed by atoms with E-state index in [2.05, 4.69) is 132 Å². The van der Waals surface area contributed by atoms with Crippen LogP contribution in [0.1, 0.15) is 401 Å². The molecule has 0 spiro atoms. The highest BCUT2D eigenvalue weighted by molar-refractivity contribution is 4.99. The lowest BCUT2D eigenvalue weighted by atomic mass is 9.71. The Morgan fingerprint density at radius 1 is 0.253 bits per heavy atom. The lowest BCUT2D eigenvalue weighted by molar-refractivity contribution is 0.155. The van der Waals surface area contributed by atoms with E-state index in [0.717, 1.165) is 153 Å². The van der Waals surface area contributed by atoms with Crippen molar-refractivity contribution in [3.05, 3.63) is 0 Å². The molecule has 0 aromatic heterocycles. The van der Waals surface area contributed by atoms with Crippen molar-refractivity contribution in [2.75, 3.05) is 0 Å². The second-order valence-corrected chi connectivity index (χ2v) is 41.3. The van der Waals surface area contributed by atoms with E-state index in [4.69, 9.17) is 0 Å². The first-order chi connectivity index (χ1) is 43.2. The molecule has 0 nitrogen and oxygen atoms in total. The quantitative estimate of drug-likeness (QED) is 0.241. The Morgan fingerprint density at radius 3 is 0.808 bits per heavy atom. The van der Waals surface area contributed by atoms with Crippen molar-refractivity contribution in [3.8, 4) is 0 Å². The molecular weight excluding hydrogens is 1240 g/mol. The van der Waals surface area contributed by atoms with E-state index in [1.54, 1.807) is 109 Å². The lowest BCUT2D eigenvalue weighted by Crippen LogP contribution is -2.26. The number of halogens is 8. The molecule has 16 aliphatic carbocycles. The second-order valence-electron chi connectivity index (χ2n) is 41.3. The molecule has 8 heteroatoms. The zero-order chi connectivity index (χ0) is 65.8. The summed E-state index contributed by atoms with van der Waals surface area (Å²) in [6, 6.07) is 0. The average Bonchev–Trinajstić information content (AvgIpc) is 1.64. The number of hydrogen-bond donors (Lipinski definition) is 0. The Bertz CT molecular complexity index is 1880. The third-order valence-electron chi connectivity index (χ3n) is 31.7. The highest BCUT2D eigenvalue weighted by Gasteiger charge is 2.49. The second kappa shape index (κ2) is 45.9. The number of fused-ring (bicyclic) bond motifs is 8. The predicted molar refractivity (Wildman–Crippen MR) is 423 cm³/mol. The summed E-state index contributed by atoms with van der Waals surface area (Å²) < 4.78 is 0. The topological polar surface area (TPSA) is 0 Å². The zero-order valence-corrected chi connectivity index (χ0v) is 69.1. The van der Waals surface area contributed by atoms with Crippen LogP contribution in [0, 0.1) is 176 Å². The van der Waals surface area contributed by atoms with Crippen LogP contribution in [0.25, 0.3) is 0 Å². The van der Waals surface area contributed by atoms with E-state index in [1.165, 1.54) is 172 Å². The van der Waals surface area contributed by atoms with Crippen LogP contribution in [0.5, 0.6) is 0 Å². The van der Waals surface area contributed by atoms with Gasteiger partial charge in [0.1, 0.15) is 0 Å². The third-order valence-corrected chi connectivity index (χ3v) is 31.7. The molecule has 0 bridgehead atoms. The van der Waals surface area contributed by atoms with Crippen LogP contribution < -0.4 is 0 Å². The summed E-state index contributed by atoms with van der Waals surface area (Å²) >= 11 is 0. The van der Waals surface area contributed by atoms with E-state index < -0.39 is 0 Å². The molecule has 0 aliphatic heterocycles. The zero-order valence-electron chi connectivity index (χ0n) is 69.1. The van der Waals surface area contributed by atoms with E-state index in [-0.39, 0.29) is 37.6 Å². The van der Waals surface area contributed by atoms with Crippen molar-refractivity contribution in [2.45, 2.75) is 401 Å². The number of hydrogen-bond acceptors (Lipinski definition) is 0. The Morgan fingerprint density at radius 2 is 0.525 bits per heavy atom. The predicted octanol–water partition coefficient (Wildman–Crippen LogP) is 30.7. The van der Waals surface area contributed by atoms with Crippen molar-refractivity contribution in [3.63, 3.8) is 0 Å². The summed E-state index contributed by atoms with van der Waals surface area (Å²) in [5, 5.41) is 0. The fourth-order valence-electron chi connectivity index (χ4n) is 26.5. The SMILES string of the molecule is C1CC2CCCC2C1.CC(C)(C)C1CC2CCCC2C1.CC(C)(C)C1CCC2CCCC21.CC(C)C.CC(C)C12CCCC1CCC2.CC(C)C1CC2CCCC2C1.CC(C)C1CCC2CCCC21.CC(C)C1CCC2CCCC21.CC(C)C1CCC2CCCC21.F.F.F.F.F.F.F.F. The standard InChI is InChI=1S/2C12H22.5C11H20.C8H14.C4H10.8FH/c1-12(2,3)11-7-9-5-4-6-10(9)8-11;1-12(2,3)11-8-7-9-5-4-6-10(9)11;1-9(2)11-7-3-5-10(11)6-4-8-11;1-8(2)11-6-9-4-3-5-10(9)7-11;3*1-8(2)10-7-6-9-4-3-5-11(9)10;1-3-7-5-2-6-8(7)4-1;1-4(2)3;;;;;;;;/h2*9-11H,4-8H2,1-3H3;9-10H,3-8H2,1-2H3;4*8-11H,3-7H2,1-2H3;7-8H,1-6H2;4H,1-3H3;8*1H. The first kappa shape index (κ1) is 98.4. The molecule has 16 aliphatic rings. The lowest BCUT2D eigenvalue weighted by Gasteiger charge is -2.33. The van der Waals surface area contributed by atoms with Crippen LogP contribution in [0.15, 0.2) is 0 Å². The van der Waals surface area contributed by atoms with Gasteiger partial charge in [-0.15, -0.1) is 0 Å². The molecule has 0 radical (unpaired) electrons. The highest BCUT2D eigenvalue weighted by atomic mass is 19.0. The van der Waals surface area contributed by atoms with Gasteiger partial charge < -0.3 is 0 Å². The smallest absolute Gasteiger partial charge is 0.0246 e. The van der Waals surface area contributed by atoms with Gasteiger partial charge in [0.05, 0.1) is 0 Å². The molecule has 0 saturated heterocycles. The van der Waals surface area contributed by atoms with Gasteiger partial charge >= 0.3 is 0 Å². The molecule has 16 fully saturated rings. The van der Waals surface area contributed by atoms with Crippen LogP contribution in [-0.4, -0.2) is 0 Å². The van der Waals surface area contributed by atoms with Gasteiger partial charge in [-0.1, -0.05) is 273 Å². The maximum atomic E-state index is 2.43. The molecule has 0 aromatic rings. The molecule has 16 atom stereocenters. The van der Waals surface area contributed by atoms with Crippen molar-refractivity contribution in [1.29, 1.82) is 0 Å². The summed E-state index contributed by atoms with van der Waals surface area (Å²) in [7, 11) is 0. The normalized spacial score (nSPS) is 38.2. The van der Waals surface area contributed by atoms with Crippen LogP contribution in [0.4, 0.5) is 37.6 Å². The Labute approximate surface area is 611 Å². The van der Waals surface area contributed by atoms with Gasteiger partial charge in [0.15, 0.2) is 0 Å². The molecule has 16 saturated carbocycles. The molecule has 0 amide bonds. The molecule has 0 N–H and O–H groups in total.